The van der Waals surface area contributed by atoms with Crippen molar-refractivity contribution in [2.75, 3.05) is 19.8 Å². The van der Waals surface area contributed by atoms with Crippen molar-refractivity contribution in [2.24, 2.45) is 5.92 Å². The van der Waals surface area contributed by atoms with Gasteiger partial charge in [-0.25, -0.2) is 0 Å². The van der Waals surface area contributed by atoms with Gasteiger partial charge in [-0.05, 0) is 12.8 Å². The highest BCUT2D eigenvalue weighted by molar-refractivity contribution is 4.67. The average molecular weight is 234 g/mol. The van der Waals surface area contributed by atoms with E-state index in [1.54, 1.807) is 0 Å². The second kappa shape index (κ2) is 11.3. The molecular formula is C12H26O4. The summed E-state index contributed by atoms with van der Waals surface area (Å²) in [6, 6.07) is 0. The van der Waals surface area contributed by atoms with E-state index in [4.69, 9.17) is 15.3 Å². The molecule has 98 valence electrons. The minimum absolute atomic E-state index is 0.0633. The molecule has 16 heavy (non-hydrogen) atoms. The van der Waals surface area contributed by atoms with Crippen LogP contribution in [0.15, 0.2) is 0 Å². The number of rotatable bonds is 11. The fraction of sp³-hybridized carbons (Fsp3) is 1.00. The Kier molecular flexibility index (Phi) is 11.2. The predicted octanol–water partition coefficient (Wildman–Crippen LogP) is 0.671. The summed E-state index contributed by atoms with van der Waals surface area (Å²) in [5, 5.41) is 35.7. The molecular weight excluding hydrogens is 208 g/mol. The molecule has 0 aliphatic carbocycles. The second-order valence-corrected chi connectivity index (χ2v) is 4.33. The molecule has 0 amide bonds. The van der Waals surface area contributed by atoms with Crippen LogP contribution < -0.4 is 0 Å². The fourth-order valence-electron chi connectivity index (χ4n) is 1.78. The summed E-state index contributed by atoms with van der Waals surface area (Å²) >= 11 is 0. The smallest absolute Gasteiger partial charge is 0.0820 e. The molecule has 0 aliphatic heterocycles. The van der Waals surface area contributed by atoms with Gasteiger partial charge >= 0.3 is 0 Å². The fourth-order valence-corrected chi connectivity index (χ4v) is 1.78. The third-order valence-corrected chi connectivity index (χ3v) is 2.95. The maximum Gasteiger partial charge on any atom is 0.0820 e. The van der Waals surface area contributed by atoms with Crippen LogP contribution in [0.25, 0.3) is 0 Å². The van der Waals surface area contributed by atoms with Crippen molar-refractivity contribution in [3.63, 3.8) is 0 Å². The van der Waals surface area contributed by atoms with Gasteiger partial charge in [-0.1, -0.05) is 32.1 Å². The predicted molar refractivity (Wildman–Crippen MR) is 63.1 cm³/mol. The van der Waals surface area contributed by atoms with E-state index in [2.05, 4.69) is 0 Å². The van der Waals surface area contributed by atoms with E-state index in [1.165, 1.54) is 0 Å². The number of hydrogen-bond acceptors (Lipinski definition) is 4. The Balaban J connectivity index is 3.34. The quantitative estimate of drug-likeness (QED) is 0.396. The zero-order chi connectivity index (χ0) is 12.2. The van der Waals surface area contributed by atoms with Gasteiger partial charge in [0.25, 0.3) is 0 Å². The van der Waals surface area contributed by atoms with Crippen LogP contribution in [0.2, 0.25) is 0 Å². The molecule has 0 aromatic heterocycles. The average Bonchev–Trinajstić information content (AvgIpc) is 2.32. The molecule has 0 aromatic rings. The standard InChI is InChI=1S/C12H26O4/c13-8-6-4-2-1-3-5-7-11(9-14)12(16)10-15/h11-16H,1-10H2. The van der Waals surface area contributed by atoms with Gasteiger partial charge in [0.15, 0.2) is 0 Å². The summed E-state index contributed by atoms with van der Waals surface area (Å²) in [5.41, 5.74) is 0. The van der Waals surface area contributed by atoms with Gasteiger partial charge in [-0.15, -0.1) is 0 Å². The van der Waals surface area contributed by atoms with Crippen LogP contribution in [0.4, 0.5) is 0 Å². The lowest BCUT2D eigenvalue weighted by atomic mass is 9.96. The summed E-state index contributed by atoms with van der Waals surface area (Å²) in [6.45, 7) is -0.0662. The zero-order valence-corrected chi connectivity index (χ0v) is 10.0. The maximum absolute atomic E-state index is 9.35. The molecule has 2 unspecified atom stereocenters. The van der Waals surface area contributed by atoms with Gasteiger partial charge in [-0.3, -0.25) is 0 Å². The molecule has 0 saturated heterocycles. The highest BCUT2D eigenvalue weighted by atomic mass is 16.3. The van der Waals surface area contributed by atoms with E-state index in [1.807, 2.05) is 0 Å². The lowest BCUT2D eigenvalue weighted by Gasteiger charge is -2.18. The van der Waals surface area contributed by atoms with Crippen LogP contribution in [-0.2, 0) is 0 Å². The Morgan fingerprint density at radius 3 is 1.75 bits per heavy atom. The van der Waals surface area contributed by atoms with Crippen LogP contribution in [0.3, 0.4) is 0 Å². The van der Waals surface area contributed by atoms with Crippen LogP contribution in [0.1, 0.15) is 44.9 Å². The second-order valence-electron chi connectivity index (χ2n) is 4.33. The summed E-state index contributed by atoms with van der Waals surface area (Å²) in [6.07, 6.45) is 6.24. The third kappa shape index (κ3) is 8.05. The molecule has 0 radical (unpaired) electrons. The van der Waals surface area contributed by atoms with Gasteiger partial charge in [0.2, 0.25) is 0 Å². The van der Waals surface area contributed by atoms with Crippen molar-refractivity contribution in [1.29, 1.82) is 0 Å². The number of aliphatic hydroxyl groups is 4. The molecule has 0 bridgehead atoms. The number of aliphatic hydroxyl groups excluding tert-OH is 4. The molecule has 4 heteroatoms. The van der Waals surface area contributed by atoms with Crippen molar-refractivity contribution in [1.82, 2.24) is 0 Å². The Labute approximate surface area is 97.9 Å². The maximum atomic E-state index is 9.35. The number of hydrogen-bond donors (Lipinski definition) is 4. The van der Waals surface area contributed by atoms with E-state index in [9.17, 15) is 5.11 Å². The Hall–Kier alpha value is -0.160. The van der Waals surface area contributed by atoms with E-state index in [0.717, 1.165) is 44.9 Å². The Bertz CT molecular complexity index is 141. The summed E-state index contributed by atoms with van der Waals surface area (Å²) in [5.74, 6) is -0.192. The molecule has 2 atom stereocenters. The first-order chi connectivity index (χ1) is 7.76. The number of unbranched alkanes of at least 4 members (excludes halogenated alkanes) is 5. The highest BCUT2D eigenvalue weighted by Gasteiger charge is 2.16. The van der Waals surface area contributed by atoms with Crippen molar-refractivity contribution in [3.8, 4) is 0 Å². The highest BCUT2D eigenvalue weighted by Crippen LogP contribution is 2.15. The van der Waals surface area contributed by atoms with Crippen molar-refractivity contribution < 1.29 is 20.4 Å². The van der Waals surface area contributed by atoms with E-state index in [-0.39, 0.29) is 25.7 Å². The van der Waals surface area contributed by atoms with Gasteiger partial charge < -0.3 is 20.4 Å². The molecule has 0 rings (SSSR count). The monoisotopic (exact) mass is 234 g/mol. The van der Waals surface area contributed by atoms with Crippen LogP contribution in [0.5, 0.6) is 0 Å². The lowest BCUT2D eigenvalue weighted by molar-refractivity contribution is 0.0182. The Morgan fingerprint density at radius 1 is 0.688 bits per heavy atom. The minimum Gasteiger partial charge on any atom is -0.396 e. The SMILES string of the molecule is OCCCCCCCCC(CO)C(O)CO. The molecule has 4 nitrogen and oxygen atoms in total. The molecule has 0 aliphatic rings. The third-order valence-electron chi connectivity index (χ3n) is 2.95. The molecule has 0 heterocycles. The van der Waals surface area contributed by atoms with Gasteiger partial charge in [0.1, 0.15) is 0 Å². The molecule has 0 aromatic carbocycles. The van der Waals surface area contributed by atoms with Crippen LogP contribution >= 0.6 is 0 Å². The van der Waals surface area contributed by atoms with Crippen molar-refractivity contribution in [3.05, 3.63) is 0 Å². The van der Waals surface area contributed by atoms with Crippen molar-refractivity contribution in [2.45, 2.75) is 51.0 Å². The van der Waals surface area contributed by atoms with Gasteiger partial charge in [0.05, 0.1) is 12.7 Å². The van der Waals surface area contributed by atoms with Gasteiger partial charge in [0, 0.05) is 19.1 Å². The summed E-state index contributed by atoms with van der Waals surface area (Å²) < 4.78 is 0. The first-order valence-corrected chi connectivity index (χ1v) is 6.26. The first kappa shape index (κ1) is 15.8. The summed E-state index contributed by atoms with van der Waals surface area (Å²) in [7, 11) is 0. The molecule has 4 N–H and O–H groups in total. The molecule has 0 fully saturated rings. The van der Waals surface area contributed by atoms with E-state index < -0.39 is 6.10 Å². The Morgan fingerprint density at radius 2 is 1.25 bits per heavy atom. The van der Waals surface area contributed by atoms with Crippen molar-refractivity contribution >= 4 is 0 Å². The molecule has 0 spiro atoms. The van der Waals surface area contributed by atoms with E-state index in [0.29, 0.717) is 0 Å². The van der Waals surface area contributed by atoms with Crippen LogP contribution in [0, 0.1) is 5.92 Å². The zero-order valence-electron chi connectivity index (χ0n) is 10.0. The largest absolute Gasteiger partial charge is 0.396 e. The minimum atomic E-state index is -0.792. The normalized spacial score (nSPS) is 15.0. The van der Waals surface area contributed by atoms with E-state index >= 15 is 0 Å². The lowest BCUT2D eigenvalue weighted by Crippen LogP contribution is -2.27. The first-order valence-electron chi connectivity index (χ1n) is 6.26. The van der Waals surface area contributed by atoms with Gasteiger partial charge in [-0.2, -0.15) is 0 Å². The van der Waals surface area contributed by atoms with Crippen LogP contribution in [-0.4, -0.2) is 46.4 Å². The summed E-state index contributed by atoms with van der Waals surface area (Å²) in [4.78, 5) is 0. The molecule has 0 saturated carbocycles. The topological polar surface area (TPSA) is 80.9 Å².